The number of rotatable bonds is 3. The van der Waals surface area contributed by atoms with Gasteiger partial charge in [-0.15, -0.1) is 0 Å². The number of nitrogens with two attached hydrogens (primary N) is 1. The van der Waals surface area contributed by atoms with Crippen molar-refractivity contribution in [3.63, 3.8) is 0 Å². The smallest absolute Gasteiger partial charge is 0.301 e. The minimum atomic E-state index is -0.371. The first kappa shape index (κ1) is 14.1. The van der Waals surface area contributed by atoms with E-state index >= 15 is 0 Å². The molecule has 1 aromatic heterocycles. The fourth-order valence-corrected chi connectivity index (χ4v) is 3.06. The van der Waals surface area contributed by atoms with Gasteiger partial charge in [-0.2, -0.15) is 0 Å². The molecule has 106 valence electrons. The van der Waals surface area contributed by atoms with E-state index in [1.807, 2.05) is 13.0 Å². The van der Waals surface area contributed by atoms with E-state index in [0.29, 0.717) is 17.6 Å². The van der Waals surface area contributed by atoms with Gasteiger partial charge in [-0.3, -0.25) is 15.1 Å². The van der Waals surface area contributed by atoms with Crippen molar-refractivity contribution in [2.45, 2.75) is 33.7 Å². The third-order valence-electron chi connectivity index (χ3n) is 3.63. The molecule has 1 aliphatic rings. The number of nitrogens with one attached hydrogen (secondary N) is 1. The Morgan fingerprint density at radius 3 is 2.68 bits per heavy atom. The Labute approximate surface area is 114 Å². The highest BCUT2D eigenvalue weighted by atomic mass is 16.4. The van der Waals surface area contributed by atoms with E-state index in [-0.39, 0.29) is 5.91 Å². The standard InChI is InChI=1S/C14H23N3O2/c1-9-4-10(2)7-17(6-9)8-12-5-11(3)13(19-12)14(18)16-15/h5,9-10H,4,6-8,15H2,1-3H3,(H,16,18). The molecule has 0 bridgehead atoms. The molecule has 0 aliphatic carbocycles. The summed E-state index contributed by atoms with van der Waals surface area (Å²) < 4.78 is 5.61. The summed E-state index contributed by atoms with van der Waals surface area (Å²) in [5.41, 5.74) is 2.94. The van der Waals surface area contributed by atoms with E-state index in [1.165, 1.54) is 6.42 Å². The summed E-state index contributed by atoms with van der Waals surface area (Å²) in [6.07, 6.45) is 1.29. The molecule has 0 radical (unpaired) electrons. The Balaban J connectivity index is 2.05. The van der Waals surface area contributed by atoms with Crippen molar-refractivity contribution in [2.75, 3.05) is 13.1 Å². The van der Waals surface area contributed by atoms with Gasteiger partial charge in [0.2, 0.25) is 0 Å². The largest absolute Gasteiger partial charge is 0.454 e. The van der Waals surface area contributed by atoms with Crippen LogP contribution in [-0.2, 0) is 6.54 Å². The maximum Gasteiger partial charge on any atom is 0.301 e. The van der Waals surface area contributed by atoms with Gasteiger partial charge in [0.25, 0.3) is 0 Å². The Kier molecular flexibility index (Phi) is 4.27. The molecule has 0 spiro atoms. The van der Waals surface area contributed by atoms with Gasteiger partial charge in [0, 0.05) is 18.7 Å². The predicted molar refractivity (Wildman–Crippen MR) is 73.3 cm³/mol. The van der Waals surface area contributed by atoms with Gasteiger partial charge in [-0.25, -0.2) is 5.84 Å². The molecule has 2 heterocycles. The Bertz CT molecular complexity index is 446. The van der Waals surface area contributed by atoms with Gasteiger partial charge in [0.1, 0.15) is 5.76 Å². The molecule has 2 unspecified atom stereocenters. The summed E-state index contributed by atoms with van der Waals surface area (Å²) in [6.45, 7) is 9.35. The molecule has 1 aliphatic heterocycles. The summed E-state index contributed by atoms with van der Waals surface area (Å²) in [5.74, 6) is 7.34. The van der Waals surface area contributed by atoms with Crippen LogP contribution in [0.1, 0.15) is 42.1 Å². The van der Waals surface area contributed by atoms with Crippen LogP contribution < -0.4 is 11.3 Å². The van der Waals surface area contributed by atoms with E-state index in [4.69, 9.17) is 10.3 Å². The monoisotopic (exact) mass is 265 g/mol. The third-order valence-corrected chi connectivity index (χ3v) is 3.63. The molecule has 1 saturated heterocycles. The van der Waals surface area contributed by atoms with Gasteiger partial charge < -0.3 is 4.42 Å². The highest BCUT2D eigenvalue weighted by Crippen LogP contribution is 2.24. The maximum absolute atomic E-state index is 11.5. The van der Waals surface area contributed by atoms with Crippen LogP contribution in [0.3, 0.4) is 0 Å². The number of furan rings is 1. The lowest BCUT2D eigenvalue weighted by Crippen LogP contribution is -2.38. The van der Waals surface area contributed by atoms with E-state index in [9.17, 15) is 4.79 Å². The lowest BCUT2D eigenvalue weighted by Gasteiger charge is -2.34. The van der Waals surface area contributed by atoms with Crippen molar-refractivity contribution >= 4 is 5.91 Å². The zero-order valence-corrected chi connectivity index (χ0v) is 11.9. The van der Waals surface area contributed by atoms with Crippen LogP contribution in [0, 0.1) is 18.8 Å². The van der Waals surface area contributed by atoms with Crippen molar-refractivity contribution in [3.05, 3.63) is 23.2 Å². The molecule has 3 N–H and O–H groups in total. The molecule has 2 rings (SSSR count). The van der Waals surface area contributed by atoms with E-state index in [0.717, 1.165) is 31.0 Å². The zero-order chi connectivity index (χ0) is 14.0. The second-order valence-corrected chi connectivity index (χ2v) is 5.84. The Hall–Kier alpha value is -1.33. The van der Waals surface area contributed by atoms with Gasteiger partial charge in [-0.1, -0.05) is 13.8 Å². The van der Waals surface area contributed by atoms with E-state index in [2.05, 4.69) is 24.2 Å². The molecule has 19 heavy (non-hydrogen) atoms. The summed E-state index contributed by atoms with van der Waals surface area (Å²) in [5, 5.41) is 0. The van der Waals surface area contributed by atoms with E-state index in [1.54, 1.807) is 0 Å². The molecule has 1 fully saturated rings. The van der Waals surface area contributed by atoms with Crippen molar-refractivity contribution in [1.82, 2.24) is 10.3 Å². The van der Waals surface area contributed by atoms with Gasteiger partial charge in [-0.05, 0) is 31.2 Å². The number of hydrazine groups is 1. The number of hydrogen-bond donors (Lipinski definition) is 2. The number of carbonyl (C=O) groups is 1. The minimum Gasteiger partial charge on any atom is -0.454 e. The highest BCUT2D eigenvalue weighted by molar-refractivity contribution is 5.92. The summed E-state index contributed by atoms with van der Waals surface area (Å²) in [4.78, 5) is 13.9. The summed E-state index contributed by atoms with van der Waals surface area (Å²) in [6, 6.07) is 1.93. The highest BCUT2D eigenvalue weighted by Gasteiger charge is 2.23. The summed E-state index contributed by atoms with van der Waals surface area (Å²) in [7, 11) is 0. The van der Waals surface area contributed by atoms with Crippen LogP contribution >= 0.6 is 0 Å². The van der Waals surface area contributed by atoms with Crippen molar-refractivity contribution in [2.24, 2.45) is 17.7 Å². The number of amides is 1. The van der Waals surface area contributed by atoms with E-state index < -0.39 is 0 Å². The van der Waals surface area contributed by atoms with Crippen LogP contribution in [0.15, 0.2) is 10.5 Å². The molecule has 1 aromatic rings. The molecule has 1 amide bonds. The van der Waals surface area contributed by atoms with Crippen LogP contribution in [0.5, 0.6) is 0 Å². The quantitative estimate of drug-likeness (QED) is 0.495. The number of likely N-dealkylation sites (tertiary alicyclic amines) is 1. The van der Waals surface area contributed by atoms with Crippen LogP contribution in [0.4, 0.5) is 0 Å². The number of piperidine rings is 1. The Morgan fingerprint density at radius 2 is 2.11 bits per heavy atom. The van der Waals surface area contributed by atoms with Crippen molar-refractivity contribution in [3.8, 4) is 0 Å². The maximum atomic E-state index is 11.5. The van der Waals surface area contributed by atoms with Gasteiger partial charge in [0.05, 0.1) is 6.54 Å². The Morgan fingerprint density at radius 1 is 1.47 bits per heavy atom. The molecular formula is C14H23N3O2. The average Bonchev–Trinajstić information content (AvgIpc) is 2.68. The zero-order valence-electron chi connectivity index (χ0n) is 11.9. The molecule has 0 aromatic carbocycles. The lowest BCUT2D eigenvalue weighted by molar-refractivity contribution is 0.0914. The number of hydrogen-bond acceptors (Lipinski definition) is 4. The first-order valence-corrected chi connectivity index (χ1v) is 6.82. The minimum absolute atomic E-state index is 0.315. The molecule has 5 heteroatoms. The van der Waals surface area contributed by atoms with Crippen LogP contribution in [-0.4, -0.2) is 23.9 Å². The molecule has 5 nitrogen and oxygen atoms in total. The van der Waals surface area contributed by atoms with Crippen molar-refractivity contribution in [1.29, 1.82) is 0 Å². The average molecular weight is 265 g/mol. The summed E-state index contributed by atoms with van der Waals surface area (Å²) >= 11 is 0. The first-order chi connectivity index (χ1) is 8.99. The molecular weight excluding hydrogens is 242 g/mol. The first-order valence-electron chi connectivity index (χ1n) is 6.82. The second kappa shape index (κ2) is 5.75. The number of nitrogen functional groups attached to an aromatic ring is 1. The normalized spacial score (nSPS) is 24.4. The van der Waals surface area contributed by atoms with Crippen LogP contribution in [0.2, 0.25) is 0 Å². The SMILES string of the molecule is Cc1cc(CN2CC(C)CC(C)C2)oc1C(=O)NN. The molecule has 0 saturated carbocycles. The van der Waals surface area contributed by atoms with Crippen molar-refractivity contribution < 1.29 is 9.21 Å². The fourth-order valence-electron chi connectivity index (χ4n) is 3.06. The fraction of sp³-hybridized carbons (Fsp3) is 0.643. The van der Waals surface area contributed by atoms with Gasteiger partial charge in [0.15, 0.2) is 5.76 Å². The predicted octanol–water partition coefficient (Wildman–Crippen LogP) is 1.67. The number of carbonyl (C=O) groups excluding carboxylic acids is 1. The van der Waals surface area contributed by atoms with Gasteiger partial charge >= 0.3 is 5.91 Å². The topological polar surface area (TPSA) is 71.5 Å². The number of nitrogens with zero attached hydrogens (tertiary/aromatic N) is 1. The second-order valence-electron chi connectivity index (χ2n) is 5.84. The third kappa shape index (κ3) is 3.36. The number of aryl methyl sites for hydroxylation is 1. The molecule has 2 atom stereocenters. The van der Waals surface area contributed by atoms with Crippen LogP contribution in [0.25, 0.3) is 0 Å². The lowest BCUT2D eigenvalue weighted by atomic mass is 9.92.